The minimum absolute atomic E-state index is 0.0107. The first kappa shape index (κ1) is 29.1. The number of methoxy groups -OCH3 is 1. The van der Waals surface area contributed by atoms with Crippen LogP contribution in [0.4, 0.5) is 5.95 Å². The molecule has 15 heteroatoms. The van der Waals surface area contributed by atoms with Gasteiger partial charge in [-0.3, -0.25) is 9.29 Å². The van der Waals surface area contributed by atoms with Crippen molar-refractivity contribution in [1.82, 2.24) is 29.7 Å². The SMILES string of the molecule is COc1cccc(-c2nnc(NS(=O)(=O)[C@@H](C)[C@@H](OC(C)C)c3ncc(Cl)cn3)n2[C@H](C)[C@H]2COCCO2)n1. The number of hydrogen-bond acceptors (Lipinski definition) is 11. The van der Waals surface area contributed by atoms with Gasteiger partial charge in [-0.2, -0.15) is 0 Å². The van der Waals surface area contributed by atoms with E-state index in [1.165, 1.54) is 26.4 Å². The van der Waals surface area contributed by atoms with Crippen molar-refractivity contribution in [3.05, 3.63) is 41.4 Å². The molecule has 3 aromatic heterocycles. The second-order valence-corrected chi connectivity index (χ2v) is 11.7. The quantitative estimate of drug-likeness (QED) is 0.355. The van der Waals surface area contributed by atoms with E-state index in [0.717, 1.165) is 0 Å². The second kappa shape index (κ2) is 12.5. The number of sulfonamides is 1. The van der Waals surface area contributed by atoms with Crippen LogP contribution in [0.1, 0.15) is 45.7 Å². The van der Waals surface area contributed by atoms with Gasteiger partial charge in [0.15, 0.2) is 11.6 Å². The molecule has 4 rings (SSSR count). The van der Waals surface area contributed by atoms with Crippen molar-refractivity contribution in [3.63, 3.8) is 0 Å². The molecule has 0 spiro atoms. The fourth-order valence-electron chi connectivity index (χ4n) is 4.05. The van der Waals surface area contributed by atoms with E-state index in [1.54, 1.807) is 36.6 Å². The molecule has 1 saturated heterocycles. The Labute approximate surface area is 232 Å². The third-order valence-electron chi connectivity index (χ3n) is 6.11. The summed E-state index contributed by atoms with van der Waals surface area (Å²) >= 11 is 5.94. The zero-order chi connectivity index (χ0) is 28.2. The first-order valence-corrected chi connectivity index (χ1v) is 14.3. The Morgan fingerprint density at radius 2 is 1.87 bits per heavy atom. The first-order valence-electron chi connectivity index (χ1n) is 12.4. The Bertz CT molecular complexity index is 1350. The van der Waals surface area contributed by atoms with Gasteiger partial charge in [-0.25, -0.2) is 23.4 Å². The number of halogens is 1. The predicted molar refractivity (Wildman–Crippen MR) is 143 cm³/mol. The standard InChI is InChI=1S/C24H32ClN7O6S/c1-14(2)38-21(22-26-11-17(25)12-27-22)16(4)39(33,34)31-24-30-29-23(18-7-6-8-20(28-18)35-5)32(24)15(3)19-13-36-9-10-37-19/h6-8,11-12,14-16,19,21H,9-10,13H2,1-5H3,(H,30,31)/t15-,16+,19-,21-/m1/s1. The average Bonchev–Trinajstić information content (AvgIpc) is 3.34. The minimum atomic E-state index is -4.11. The molecule has 0 aliphatic carbocycles. The van der Waals surface area contributed by atoms with E-state index in [4.69, 9.17) is 30.5 Å². The summed E-state index contributed by atoms with van der Waals surface area (Å²) < 4.78 is 54.4. The monoisotopic (exact) mass is 581 g/mol. The molecule has 13 nitrogen and oxygen atoms in total. The fraction of sp³-hybridized carbons (Fsp3) is 0.542. The number of nitrogens with zero attached hydrogens (tertiary/aromatic N) is 6. The molecular formula is C24H32ClN7O6S. The Morgan fingerprint density at radius 1 is 1.13 bits per heavy atom. The molecule has 3 aromatic rings. The molecule has 0 unspecified atom stereocenters. The Morgan fingerprint density at radius 3 is 2.51 bits per heavy atom. The highest BCUT2D eigenvalue weighted by molar-refractivity contribution is 7.93. The number of aromatic nitrogens is 6. The highest BCUT2D eigenvalue weighted by Gasteiger charge is 2.37. The molecule has 4 atom stereocenters. The van der Waals surface area contributed by atoms with Gasteiger partial charge in [-0.1, -0.05) is 17.7 Å². The van der Waals surface area contributed by atoms with Crippen LogP contribution in [0.2, 0.25) is 5.02 Å². The van der Waals surface area contributed by atoms with Gasteiger partial charge in [0, 0.05) is 18.5 Å². The van der Waals surface area contributed by atoms with Crippen LogP contribution in [-0.4, -0.2) is 82.5 Å². The van der Waals surface area contributed by atoms with Crippen LogP contribution in [0.5, 0.6) is 5.88 Å². The zero-order valence-electron chi connectivity index (χ0n) is 22.3. The van der Waals surface area contributed by atoms with Gasteiger partial charge in [-0.15, -0.1) is 10.2 Å². The van der Waals surface area contributed by atoms with Crippen molar-refractivity contribution in [2.24, 2.45) is 0 Å². The molecule has 39 heavy (non-hydrogen) atoms. The lowest BCUT2D eigenvalue weighted by Crippen LogP contribution is -2.37. The smallest absolute Gasteiger partial charge is 0.240 e. The van der Waals surface area contributed by atoms with E-state index >= 15 is 0 Å². The van der Waals surface area contributed by atoms with Crippen molar-refractivity contribution < 1.29 is 27.4 Å². The summed E-state index contributed by atoms with van der Waals surface area (Å²) in [7, 11) is -2.61. The van der Waals surface area contributed by atoms with Gasteiger partial charge in [0.05, 0.1) is 44.1 Å². The van der Waals surface area contributed by atoms with Gasteiger partial charge in [0.25, 0.3) is 0 Å². The van der Waals surface area contributed by atoms with Crippen molar-refractivity contribution >= 4 is 27.6 Å². The van der Waals surface area contributed by atoms with E-state index < -0.39 is 27.4 Å². The summed E-state index contributed by atoms with van der Waals surface area (Å²) in [6.45, 7) is 8.21. The Balaban J connectivity index is 1.72. The predicted octanol–water partition coefficient (Wildman–Crippen LogP) is 3.07. The second-order valence-electron chi connectivity index (χ2n) is 9.22. The maximum absolute atomic E-state index is 13.7. The van der Waals surface area contributed by atoms with E-state index in [-0.39, 0.29) is 24.0 Å². The van der Waals surface area contributed by atoms with Gasteiger partial charge in [0.1, 0.15) is 23.2 Å². The van der Waals surface area contributed by atoms with E-state index in [9.17, 15) is 8.42 Å². The molecule has 212 valence electrons. The zero-order valence-corrected chi connectivity index (χ0v) is 23.9. The molecule has 0 bridgehead atoms. The van der Waals surface area contributed by atoms with Crippen LogP contribution in [0.25, 0.3) is 11.5 Å². The average molecular weight is 582 g/mol. The van der Waals surface area contributed by atoms with Crippen molar-refractivity contribution in [2.75, 3.05) is 31.7 Å². The summed E-state index contributed by atoms with van der Waals surface area (Å²) in [5.74, 6) is 0.884. The van der Waals surface area contributed by atoms with Crippen LogP contribution in [0.3, 0.4) is 0 Å². The molecule has 1 fully saturated rings. The van der Waals surface area contributed by atoms with Crippen LogP contribution in [0, 0.1) is 0 Å². The van der Waals surface area contributed by atoms with E-state index in [1.807, 2.05) is 6.92 Å². The van der Waals surface area contributed by atoms with Crippen LogP contribution >= 0.6 is 11.6 Å². The lowest BCUT2D eigenvalue weighted by molar-refractivity contribution is -0.104. The number of anilines is 1. The minimum Gasteiger partial charge on any atom is -0.481 e. The number of pyridine rings is 1. The maximum Gasteiger partial charge on any atom is 0.240 e. The van der Waals surface area contributed by atoms with E-state index in [2.05, 4.69) is 29.9 Å². The largest absolute Gasteiger partial charge is 0.481 e. The normalized spacial score (nSPS) is 18.5. The molecule has 1 aliphatic rings. The molecule has 0 aromatic carbocycles. The molecule has 0 amide bonds. The van der Waals surface area contributed by atoms with Crippen molar-refractivity contribution in [2.45, 2.75) is 57.3 Å². The Hall–Kier alpha value is -2.91. The Kier molecular flexibility index (Phi) is 9.33. The highest BCUT2D eigenvalue weighted by Crippen LogP contribution is 2.31. The summed E-state index contributed by atoms with van der Waals surface area (Å²) in [4.78, 5) is 12.9. The van der Waals surface area contributed by atoms with Crippen LogP contribution in [0.15, 0.2) is 30.6 Å². The molecule has 1 aliphatic heterocycles. The number of nitrogens with one attached hydrogen (secondary N) is 1. The van der Waals surface area contributed by atoms with Gasteiger partial charge < -0.3 is 18.9 Å². The maximum atomic E-state index is 13.7. The summed E-state index contributed by atoms with van der Waals surface area (Å²) in [6.07, 6.45) is 1.13. The molecule has 0 saturated carbocycles. The third kappa shape index (κ3) is 6.81. The van der Waals surface area contributed by atoms with Gasteiger partial charge in [-0.05, 0) is 33.8 Å². The molecule has 4 heterocycles. The van der Waals surface area contributed by atoms with Crippen molar-refractivity contribution in [1.29, 1.82) is 0 Å². The molecule has 1 N–H and O–H groups in total. The van der Waals surface area contributed by atoms with Gasteiger partial charge >= 0.3 is 0 Å². The third-order valence-corrected chi connectivity index (χ3v) is 8.00. The molecule has 0 radical (unpaired) electrons. The van der Waals surface area contributed by atoms with Crippen LogP contribution in [-0.2, 0) is 24.2 Å². The number of ether oxygens (including phenoxy) is 4. The summed E-state index contributed by atoms with van der Waals surface area (Å²) in [6, 6.07) is 4.78. The lowest BCUT2D eigenvalue weighted by atomic mass is 10.1. The van der Waals surface area contributed by atoms with Crippen molar-refractivity contribution in [3.8, 4) is 17.4 Å². The lowest BCUT2D eigenvalue weighted by Gasteiger charge is -2.30. The topological polar surface area (TPSA) is 152 Å². The number of rotatable bonds is 11. The number of hydrogen-bond donors (Lipinski definition) is 1. The fourth-order valence-corrected chi connectivity index (χ4v) is 5.24. The van der Waals surface area contributed by atoms with E-state index in [0.29, 0.717) is 42.2 Å². The summed E-state index contributed by atoms with van der Waals surface area (Å²) in [5.41, 5.74) is 0.444. The van der Waals surface area contributed by atoms with Crippen LogP contribution < -0.4 is 9.46 Å². The highest BCUT2D eigenvalue weighted by atomic mass is 35.5. The van der Waals surface area contributed by atoms with Gasteiger partial charge in [0.2, 0.25) is 21.9 Å². The molecular weight excluding hydrogens is 550 g/mol. The first-order chi connectivity index (χ1) is 18.6. The summed E-state index contributed by atoms with van der Waals surface area (Å²) in [5, 5.41) is 7.68.